The van der Waals surface area contributed by atoms with Crippen molar-refractivity contribution in [2.24, 2.45) is 0 Å². The van der Waals surface area contributed by atoms with Crippen molar-refractivity contribution in [1.29, 1.82) is 0 Å². The maximum atomic E-state index is 11.9. The van der Waals surface area contributed by atoms with Crippen molar-refractivity contribution in [3.63, 3.8) is 0 Å². The number of aromatic nitrogens is 1. The number of halogens is 1. The molecule has 20 heavy (non-hydrogen) atoms. The first-order valence-electron chi connectivity index (χ1n) is 6.25. The molecule has 0 aliphatic carbocycles. The zero-order valence-corrected chi connectivity index (χ0v) is 13.1. The van der Waals surface area contributed by atoms with Gasteiger partial charge in [0.05, 0.1) is 13.0 Å². The van der Waals surface area contributed by atoms with Crippen LogP contribution in [0.4, 0.5) is 5.82 Å². The molecular formula is C13H18BrN3O3. The number of hydrogen-bond acceptors (Lipinski definition) is 4. The van der Waals surface area contributed by atoms with Crippen LogP contribution in [0.2, 0.25) is 0 Å². The monoisotopic (exact) mass is 343 g/mol. The minimum atomic E-state index is -0.870. The molecule has 1 rings (SSSR count). The van der Waals surface area contributed by atoms with E-state index in [4.69, 9.17) is 5.11 Å². The topological polar surface area (TPSA) is 82.5 Å². The van der Waals surface area contributed by atoms with E-state index in [1.807, 2.05) is 18.7 Å². The number of nitrogens with one attached hydrogen (secondary N) is 1. The van der Waals surface area contributed by atoms with Crippen molar-refractivity contribution in [2.75, 3.05) is 18.4 Å². The highest BCUT2D eigenvalue weighted by Gasteiger charge is 2.15. The molecule has 6 nitrogen and oxygen atoms in total. The van der Waals surface area contributed by atoms with Crippen molar-refractivity contribution in [1.82, 2.24) is 9.88 Å². The van der Waals surface area contributed by atoms with Gasteiger partial charge in [-0.3, -0.25) is 14.5 Å². The Morgan fingerprint density at radius 2 is 2.15 bits per heavy atom. The smallest absolute Gasteiger partial charge is 0.304 e. The van der Waals surface area contributed by atoms with Gasteiger partial charge < -0.3 is 10.4 Å². The minimum absolute atomic E-state index is 0.0159. The second-order valence-corrected chi connectivity index (χ2v) is 5.53. The van der Waals surface area contributed by atoms with Gasteiger partial charge in [-0.15, -0.1) is 0 Å². The van der Waals surface area contributed by atoms with E-state index in [9.17, 15) is 9.59 Å². The first-order valence-corrected chi connectivity index (χ1v) is 7.05. The van der Waals surface area contributed by atoms with Gasteiger partial charge in [0, 0.05) is 23.3 Å². The molecule has 0 saturated carbocycles. The fourth-order valence-electron chi connectivity index (χ4n) is 1.58. The molecule has 0 atom stereocenters. The second kappa shape index (κ2) is 7.96. The van der Waals surface area contributed by atoms with Crippen molar-refractivity contribution in [3.8, 4) is 0 Å². The molecule has 0 fully saturated rings. The van der Waals surface area contributed by atoms with Crippen LogP contribution in [-0.4, -0.2) is 46.0 Å². The highest BCUT2D eigenvalue weighted by molar-refractivity contribution is 9.10. The third-order valence-electron chi connectivity index (χ3n) is 2.68. The van der Waals surface area contributed by atoms with E-state index in [1.54, 1.807) is 18.3 Å². The second-order valence-electron chi connectivity index (χ2n) is 4.62. The molecule has 1 amide bonds. The van der Waals surface area contributed by atoms with E-state index in [-0.39, 0.29) is 24.9 Å². The predicted molar refractivity (Wildman–Crippen MR) is 79.5 cm³/mol. The number of carbonyl (C=O) groups excluding carboxylic acids is 1. The third-order valence-corrected chi connectivity index (χ3v) is 3.15. The molecule has 0 saturated heterocycles. The highest BCUT2D eigenvalue weighted by atomic mass is 79.9. The SMILES string of the molecule is CC(C)N(CCC(=O)O)CC(=O)Nc1ccc(Br)cn1. The number of pyridine rings is 1. The van der Waals surface area contributed by atoms with Gasteiger partial charge in [0.25, 0.3) is 0 Å². The van der Waals surface area contributed by atoms with Gasteiger partial charge in [0.15, 0.2) is 0 Å². The van der Waals surface area contributed by atoms with Crippen LogP contribution in [0.15, 0.2) is 22.8 Å². The standard InChI is InChI=1S/C13H18BrN3O3/c1-9(2)17(6-5-13(19)20)8-12(18)16-11-4-3-10(14)7-15-11/h3-4,7,9H,5-6,8H2,1-2H3,(H,19,20)(H,15,16,18). The Labute approximate surface area is 126 Å². The van der Waals surface area contributed by atoms with E-state index >= 15 is 0 Å². The van der Waals surface area contributed by atoms with Gasteiger partial charge in [0.1, 0.15) is 5.82 Å². The maximum Gasteiger partial charge on any atom is 0.304 e. The molecule has 0 unspecified atom stereocenters. The van der Waals surface area contributed by atoms with Gasteiger partial charge >= 0.3 is 5.97 Å². The van der Waals surface area contributed by atoms with Gasteiger partial charge in [0.2, 0.25) is 5.91 Å². The van der Waals surface area contributed by atoms with Crippen LogP contribution in [0.5, 0.6) is 0 Å². The summed E-state index contributed by atoms with van der Waals surface area (Å²) in [5, 5.41) is 11.4. The Balaban J connectivity index is 2.53. The number of carboxylic acid groups (broad SMARTS) is 1. The van der Waals surface area contributed by atoms with Crippen molar-refractivity contribution in [3.05, 3.63) is 22.8 Å². The normalized spacial score (nSPS) is 10.8. The lowest BCUT2D eigenvalue weighted by molar-refractivity contribution is -0.137. The number of anilines is 1. The Bertz CT molecular complexity index is 462. The molecule has 0 aliphatic heterocycles. The van der Waals surface area contributed by atoms with E-state index in [0.29, 0.717) is 12.4 Å². The minimum Gasteiger partial charge on any atom is -0.481 e. The molecule has 0 aromatic carbocycles. The summed E-state index contributed by atoms with van der Waals surface area (Å²) in [4.78, 5) is 28.4. The Morgan fingerprint density at radius 1 is 1.45 bits per heavy atom. The maximum absolute atomic E-state index is 11.9. The summed E-state index contributed by atoms with van der Waals surface area (Å²) >= 11 is 3.27. The van der Waals surface area contributed by atoms with E-state index < -0.39 is 5.97 Å². The molecule has 110 valence electrons. The van der Waals surface area contributed by atoms with Crippen molar-refractivity contribution < 1.29 is 14.7 Å². The molecule has 1 heterocycles. The summed E-state index contributed by atoms with van der Waals surface area (Å²) in [7, 11) is 0. The fourth-order valence-corrected chi connectivity index (χ4v) is 1.81. The first-order chi connectivity index (χ1) is 9.38. The number of carboxylic acids is 1. The van der Waals surface area contributed by atoms with Gasteiger partial charge in [-0.25, -0.2) is 4.98 Å². The van der Waals surface area contributed by atoms with Gasteiger partial charge in [-0.2, -0.15) is 0 Å². The van der Waals surface area contributed by atoms with Crippen LogP contribution < -0.4 is 5.32 Å². The lowest BCUT2D eigenvalue weighted by Crippen LogP contribution is -2.39. The average Bonchev–Trinajstić information content (AvgIpc) is 2.36. The molecular weight excluding hydrogens is 326 g/mol. The summed E-state index contributed by atoms with van der Waals surface area (Å²) in [6, 6.07) is 3.57. The van der Waals surface area contributed by atoms with Gasteiger partial charge in [-0.05, 0) is 41.9 Å². The molecule has 7 heteroatoms. The summed E-state index contributed by atoms with van der Waals surface area (Å²) < 4.78 is 0.834. The summed E-state index contributed by atoms with van der Waals surface area (Å²) in [5.74, 6) is -0.607. The Hall–Kier alpha value is -1.47. The van der Waals surface area contributed by atoms with E-state index in [0.717, 1.165) is 4.47 Å². The summed E-state index contributed by atoms with van der Waals surface area (Å²) in [5.41, 5.74) is 0. The predicted octanol–water partition coefficient (Wildman–Crippen LogP) is 1.97. The third kappa shape index (κ3) is 6.12. The zero-order valence-electron chi connectivity index (χ0n) is 11.5. The molecule has 2 N–H and O–H groups in total. The largest absolute Gasteiger partial charge is 0.481 e. The molecule has 0 aliphatic rings. The zero-order chi connectivity index (χ0) is 15.1. The highest BCUT2D eigenvalue weighted by Crippen LogP contribution is 2.10. The number of aliphatic carboxylic acids is 1. The lowest BCUT2D eigenvalue weighted by Gasteiger charge is -2.24. The number of nitrogens with zero attached hydrogens (tertiary/aromatic N) is 2. The number of carbonyl (C=O) groups is 2. The van der Waals surface area contributed by atoms with Crippen LogP contribution >= 0.6 is 15.9 Å². The first kappa shape index (κ1) is 16.6. The fraction of sp³-hybridized carbons (Fsp3) is 0.462. The van der Waals surface area contributed by atoms with Crippen LogP contribution in [0.1, 0.15) is 20.3 Å². The lowest BCUT2D eigenvalue weighted by atomic mass is 10.2. The van der Waals surface area contributed by atoms with E-state index in [1.165, 1.54) is 0 Å². The van der Waals surface area contributed by atoms with Crippen molar-refractivity contribution >= 4 is 33.6 Å². The molecule has 0 bridgehead atoms. The van der Waals surface area contributed by atoms with Crippen molar-refractivity contribution in [2.45, 2.75) is 26.3 Å². The molecule has 0 spiro atoms. The Morgan fingerprint density at radius 3 is 2.65 bits per heavy atom. The number of amides is 1. The number of rotatable bonds is 7. The van der Waals surface area contributed by atoms with Crippen LogP contribution in [0, 0.1) is 0 Å². The Kier molecular flexibility index (Phi) is 6.60. The quantitative estimate of drug-likeness (QED) is 0.790. The summed E-state index contributed by atoms with van der Waals surface area (Å²) in [6.45, 7) is 4.33. The van der Waals surface area contributed by atoms with E-state index in [2.05, 4.69) is 26.2 Å². The van der Waals surface area contributed by atoms with Crippen LogP contribution in [0.25, 0.3) is 0 Å². The number of hydrogen-bond donors (Lipinski definition) is 2. The van der Waals surface area contributed by atoms with Crippen LogP contribution in [-0.2, 0) is 9.59 Å². The molecule has 1 aromatic heterocycles. The molecule has 1 aromatic rings. The summed E-state index contributed by atoms with van der Waals surface area (Å²) in [6.07, 6.45) is 1.61. The van der Waals surface area contributed by atoms with Crippen LogP contribution in [0.3, 0.4) is 0 Å². The molecule has 0 radical (unpaired) electrons. The average molecular weight is 344 g/mol. The van der Waals surface area contributed by atoms with Gasteiger partial charge in [-0.1, -0.05) is 0 Å².